The van der Waals surface area contributed by atoms with Crippen molar-refractivity contribution < 1.29 is 19.7 Å². The van der Waals surface area contributed by atoms with Crippen LogP contribution in [0.1, 0.15) is 64.4 Å². The second-order valence-electron chi connectivity index (χ2n) is 12.6. The van der Waals surface area contributed by atoms with Crippen LogP contribution in [-0.2, 0) is 9.53 Å². The number of carbonyl (C=O) groups is 1. The number of aliphatic hydroxyl groups is 2. The van der Waals surface area contributed by atoms with E-state index in [1.54, 1.807) is 6.20 Å². The van der Waals surface area contributed by atoms with Crippen molar-refractivity contribution in [3.05, 3.63) is 65.5 Å². The number of nitrogens with zero attached hydrogens (tertiary/aromatic N) is 1. The van der Waals surface area contributed by atoms with Gasteiger partial charge in [0.2, 0.25) is 0 Å². The summed E-state index contributed by atoms with van der Waals surface area (Å²) in [4.78, 5) is 18.1. The van der Waals surface area contributed by atoms with Crippen LogP contribution in [0.4, 0.5) is 0 Å². The van der Waals surface area contributed by atoms with Gasteiger partial charge in [0.15, 0.2) is 0 Å². The average molecular weight is 486 g/mol. The largest absolute Gasteiger partial charge is 0.390 e. The van der Waals surface area contributed by atoms with Crippen LogP contribution in [0.5, 0.6) is 0 Å². The van der Waals surface area contributed by atoms with Crippen molar-refractivity contribution in [1.29, 1.82) is 0 Å². The third-order valence-corrected chi connectivity index (χ3v) is 10.6. The number of fused-ring (bicyclic) bond motifs is 2. The van der Waals surface area contributed by atoms with E-state index in [0.717, 1.165) is 53.2 Å². The molecule has 2 spiro atoms. The fourth-order valence-electron chi connectivity index (χ4n) is 8.77. The molecular formula is C31H35NO4. The molecule has 2 aliphatic heterocycles. The Hall–Kier alpha value is -2.34. The van der Waals surface area contributed by atoms with Crippen molar-refractivity contribution in [2.45, 2.75) is 82.2 Å². The lowest BCUT2D eigenvalue weighted by atomic mass is 9.57. The Labute approximate surface area is 212 Å². The van der Waals surface area contributed by atoms with Gasteiger partial charge in [-0.05, 0) is 77.2 Å². The SMILES string of the molecule is CC(C)C1CC23CCC4(O2)C(=CCC2(C)C(c5ccc6ccncc6c5)C(=O)CC42)C=C3C(O)C1O. The summed E-state index contributed by atoms with van der Waals surface area (Å²) in [7, 11) is 0. The number of aliphatic hydroxyl groups excluding tert-OH is 2. The van der Waals surface area contributed by atoms with E-state index in [9.17, 15) is 15.0 Å². The summed E-state index contributed by atoms with van der Waals surface area (Å²) in [5, 5.41) is 24.3. The van der Waals surface area contributed by atoms with Gasteiger partial charge in [-0.25, -0.2) is 0 Å². The van der Waals surface area contributed by atoms with Gasteiger partial charge >= 0.3 is 0 Å². The van der Waals surface area contributed by atoms with Gasteiger partial charge in [-0.1, -0.05) is 45.1 Å². The number of benzene rings is 1. The van der Waals surface area contributed by atoms with Crippen molar-refractivity contribution in [3.8, 4) is 0 Å². The van der Waals surface area contributed by atoms with Crippen molar-refractivity contribution in [2.24, 2.45) is 23.2 Å². The molecule has 0 radical (unpaired) electrons. The first kappa shape index (κ1) is 22.8. The zero-order chi connectivity index (χ0) is 25.0. The lowest BCUT2D eigenvalue weighted by Crippen LogP contribution is -2.58. The number of ether oxygens (including phenoxy) is 1. The van der Waals surface area contributed by atoms with Gasteiger partial charge in [0.1, 0.15) is 11.9 Å². The van der Waals surface area contributed by atoms with Crippen LogP contribution in [0, 0.1) is 23.2 Å². The fraction of sp³-hybridized carbons (Fsp3) is 0.548. The Balaban J connectivity index is 1.32. The summed E-state index contributed by atoms with van der Waals surface area (Å²) in [6.45, 7) is 6.51. The normalized spacial score (nSPS) is 43.2. The zero-order valence-corrected chi connectivity index (χ0v) is 21.3. The van der Waals surface area contributed by atoms with E-state index in [0.29, 0.717) is 12.2 Å². The van der Waals surface area contributed by atoms with E-state index >= 15 is 0 Å². The standard InChI is InChI=1S/C31H35NO4/c1-17(2)22-15-30-9-10-31(36-30)21(13-23(30)28(35)27(22)34)6-8-29(3)25(31)14-24(33)26(29)19-5-4-18-7-11-32-16-20(18)12-19/h4-7,11-13,16-17,22,25-28,34-35H,8-10,14-15H2,1-3H3. The monoisotopic (exact) mass is 485 g/mol. The minimum Gasteiger partial charge on any atom is -0.390 e. The number of Topliss-reactive ketones (excluding diaryl/α,β-unsaturated/α-hetero) is 1. The van der Waals surface area contributed by atoms with Gasteiger partial charge < -0.3 is 14.9 Å². The first-order valence-corrected chi connectivity index (χ1v) is 13.5. The summed E-state index contributed by atoms with van der Waals surface area (Å²) >= 11 is 0. The van der Waals surface area contributed by atoms with Gasteiger partial charge in [0.05, 0.1) is 17.3 Å². The van der Waals surface area contributed by atoms with Crippen molar-refractivity contribution in [1.82, 2.24) is 4.98 Å². The summed E-state index contributed by atoms with van der Waals surface area (Å²) in [5.74, 6) is 0.446. The molecule has 1 saturated heterocycles. The molecule has 8 atom stereocenters. The smallest absolute Gasteiger partial charge is 0.141 e. The highest BCUT2D eigenvalue weighted by atomic mass is 16.5. The molecule has 188 valence electrons. The molecule has 8 unspecified atom stereocenters. The van der Waals surface area contributed by atoms with Gasteiger partial charge in [0.25, 0.3) is 0 Å². The predicted molar refractivity (Wildman–Crippen MR) is 137 cm³/mol. The Morgan fingerprint density at radius 3 is 2.78 bits per heavy atom. The zero-order valence-electron chi connectivity index (χ0n) is 21.3. The Kier molecular flexibility index (Phi) is 4.67. The molecular weight excluding hydrogens is 450 g/mol. The van der Waals surface area contributed by atoms with Crippen molar-refractivity contribution >= 4 is 16.6 Å². The molecule has 1 aromatic heterocycles. The molecule has 3 heterocycles. The van der Waals surface area contributed by atoms with Crippen LogP contribution in [0.2, 0.25) is 0 Å². The molecule has 0 amide bonds. The molecule has 36 heavy (non-hydrogen) atoms. The third-order valence-electron chi connectivity index (χ3n) is 10.6. The lowest BCUT2D eigenvalue weighted by molar-refractivity contribution is -0.168. The first-order chi connectivity index (χ1) is 17.2. The quantitative estimate of drug-likeness (QED) is 0.635. The van der Waals surface area contributed by atoms with Crippen LogP contribution in [0.25, 0.3) is 10.8 Å². The van der Waals surface area contributed by atoms with Crippen LogP contribution in [0.15, 0.2) is 60.0 Å². The highest BCUT2D eigenvalue weighted by molar-refractivity contribution is 5.92. The summed E-state index contributed by atoms with van der Waals surface area (Å²) < 4.78 is 7.19. The first-order valence-electron chi connectivity index (χ1n) is 13.5. The number of hydrogen-bond donors (Lipinski definition) is 2. The molecule has 2 aromatic rings. The molecule has 5 nitrogen and oxygen atoms in total. The number of hydrogen-bond acceptors (Lipinski definition) is 5. The van der Waals surface area contributed by atoms with E-state index < -0.39 is 23.4 Å². The van der Waals surface area contributed by atoms with Crippen molar-refractivity contribution in [2.75, 3.05) is 0 Å². The summed E-state index contributed by atoms with van der Waals surface area (Å²) in [6, 6.07) is 8.39. The van der Waals surface area contributed by atoms with E-state index in [1.165, 1.54) is 0 Å². The van der Waals surface area contributed by atoms with Crippen LogP contribution >= 0.6 is 0 Å². The summed E-state index contributed by atoms with van der Waals surface area (Å²) in [5.41, 5.74) is 1.75. The highest BCUT2D eigenvalue weighted by Gasteiger charge is 2.69. The number of pyridine rings is 1. The Morgan fingerprint density at radius 2 is 1.97 bits per heavy atom. The number of allylic oxidation sites excluding steroid dienone is 1. The molecule has 2 N–H and O–H groups in total. The summed E-state index contributed by atoms with van der Waals surface area (Å²) in [6.07, 6.45) is 10.1. The second-order valence-corrected chi connectivity index (χ2v) is 12.6. The molecule has 7 rings (SSSR count). The molecule has 5 aliphatic rings. The van der Waals surface area contributed by atoms with Crippen LogP contribution in [0.3, 0.4) is 0 Å². The second kappa shape index (κ2) is 7.37. The van der Waals surface area contributed by atoms with E-state index in [1.807, 2.05) is 12.3 Å². The number of ketones is 1. The minimum atomic E-state index is -0.902. The van der Waals surface area contributed by atoms with Crippen LogP contribution in [-0.4, -0.2) is 44.4 Å². The molecule has 2 bridgehead atoms. The topological polar surface area (TPSA) is 79.7 Å². The molecule has 3 fully saturated rings. The number of carbonyl (C=O) groups excluding carboxylic acids is 1. The van der Waals surface area contributed by atoms with Gasteiger partial charge in [-0.3, -0.25) is 9.78 Å². The predicted octanol–water partition coefficient (Wildman–Crippen LogP) is 4.87. The van der Waals surface area contributed by atoms with Crippen LogP contribution < -0.4 is 0 Å². The third kappa shape index (κ3) is 2.77. The average Bonchev–Trinajstić information content (AvgIpc) is 3.32. The maximum atomic E-state index is 13.8. The van der Waals surface area contributed by atoms with Gasteiger partial charge in [-0.2, -0.15) is 0 Å². The molecule has 1 aromatic carbocycles. The van der Waals surface area contributed by atoms with Gasteiger partial charge in [0, 0.05) is 36.0 Å². The van der Waals surface area contributed by atoms with Gasteiger partial charge in [-0.15, -0.1) is 0 Å². The number of aromatic nitrogens is 1. The molecule has 3 aliphatic carbocycles. The van der Waals surface area contributed by atoms with E-state index in [-0.39, 0.29) is 29.1 Å². The maximum Gasteiger partial charge on any atom is 0.141 e. The lowest BCUT2D eigenvalue weighted by Gasteiger charge is -2.55. The number of rotatable bonds is 2. The maximum absolute atomic E-state index is 13.8. The molecule has 5 heteroatoms. The fourth-order valence-corrected chi connectivity index (χ4v) is 8.77. The van der Waals surface area contributed by atoms with E-state index in [2.05, 4.69) is 56.1 Å². The molecule has 2 saturated carbocycles. The van der Waals surface area contributed by atoms with E-state index in [4.69, 9.17) is 4.74 Å². The Morgan fingerprint density at radius 1 is 1.14 bits per heavy atom. The minimum absolute atomic E-state index is 0.0167. The Bertz CT molecular complexity index is 1350. The highest BCUT2D eigenvalue weighted by Crippen LogP contribution is 2.68. The van der Waals surface area contributed by atoms with Crippen molar-refractivity contribution in [3.63, 3.8) is 0 Å².